The molecule has 1 unspecified atom stereocenters. The quantitative estimate of drug-likeness (QED) is 0.855. The number of carbonyl (C=O) groups is 2. The van der Waals surface area contributed by atoms with Gasteiger partial charge in [-0.25, -0.2) is 4.79 Å². The SMILES string of the molecule is CN(CC(C)(C)C)C(=O)N1CCCC(CC(=O)O)C1. The van der Waals surface area contributed by atoms with Crippen LogP contribution in [0.3, 0.4) is 0 Å². The van der Waals surface area contributed by atoms with Gasteiger partial charge in [-0.15, -0.1) is 0 Å². The number of aliphatic carboxylic acids is 1. The minimum absolute atomic E-state index is 0.0185. The molecule has 1 fully saturated rings. The van der Waals surface area contributed by atoms with Crippen molar-refractivity contribution in [1.82, 2.24) is 9.80 Å². The summed E-state index contributed by atoms with van der Waals surface area (Å²) in [5.74, 6) is -0.680. The number of piperidine rings is 1. The third-order valence-corrected chi connectivity index (χ3v) is 3.29. The number of carboxylic acid groups (broad SMARTS) is 1. The van der Waals surface area contributed by atoms with E-state index in [1.54, 1.807) is 9.80 Å². The Hall–Kier alpha value is -1.26. The summed E-state index contributed by atoms with van der Waals surface area (Å²) in [6.07, 6.45) is 1.96. The standard InChI is InChI=1S/C14H26N2O3/c1-14(2,3)10-15(4)13(19)16-7-5-6-11(9-16)8-12(17)18/h11H,5-10H2,1-4H3,(H,17,18). The Morgan fingerprint density at radius 1 is 1.37 bits per heavy atom. The second-order valence-corrected chi connectivity index (χ2v) is 6.75. The topological polar surface area (TPSA) is 60.9 Å². The van der Waals surface area contributed by atoms with Crippen molar-refractivity contribution in [3.05, 3.63) is 0 Å². The molecule has 110 valence electrons. The highest BCUT2D eigenvalue weighted by Crippen LogP contribution is 2.21. The van der Waals surface area contributed by atoms with Crippen LogP contribution in [0.15, 0.2) is 0 Å². The van der Waals surface area contributed by atoms with E-state index in [4.69, 9.17) is 5.11 Å². The van der Waals surface area contributed by atoms with Crippen LogP contribution in [-0.4, -0.2) is 53.6 Å². The van der Waals surface area contributed by atoms with Gasteiger partial charge in [-0.1, -0.05) is 20.8 Å². The molecule has 5 heteroatoms. The van der Waals surface area contributed by atoms with Gasteiger partial charge in [0.15, 0.2) is 0 Å². The van der Waals surface area contributed by atoms with Gasteiger partial charge >= 0.3 is 12.0 Å². The number of nitrogens with zero attached hydrogens (tertiary/aromatic N) is 2. The Balaban J connectivity index is 2.54. The number of amides is 2. The summed E-state index contributed by atoms with van der Waals surface area (Å²) in [6.45, 7) is 8.30. The van der Waals surface area contributed by atoms with E-state index >= 15 is 0 Å². The van der Waals surface area contributed by atoms with Crippen molar-refractivity contribution in [2.45, 2.75) is 40.0 Å². The average molecular weight is 270 g/mol. The Bertz CT molecular complexity index is 336. The third-order valence-electron chi connectivity index (χ3n) is 3.29. The lowest BCUT2D eigenvalue weighted by molar-refractivity contribution is -0.138. The van der Waals surface area contributed by atoms with E-state index < -0.39 is 5.97 Å². The molecular formula is C14H26N2O3. The normalized spacial score (nSPS) is 20.2. The van der Waals surface area contributed by atoms with E-state index in [9.17, 15) is 9.59 Å². The maximum Gasteiger partial charge on any atom is 0.319 e. The lowest BCUT2D eigenvalue weighted by atomic mass is 9.94. The van der Waals surface area contributed by atoms with Crippen molar-refractivity contribution >= 4 is 12.0 Å². The highest BCUT2D eigenvalue weighted by molar-refractivity contribution is 5.74. The van der Waals surface area contributed by atoms with E-state index in [0.29, 0.717) is 13.1 Å². The van der Waals surface area contributed by atoms with Gasteiger partial charge in [-0.3, -0.25) is 4.79 Å². The molecule has 19 heavy (non-hydrogen) atoms. The van der Waals surface area contributed by atoms with E-state index in [0.717, 1.165) is 19.4 Å². The lowest BCUT2D eigenvalue weighted by Gasteiger charge is -2.36. The van der Waals surface area contributed by atoms with Gasteiger partial charge < -0.3 is 14.9 Å². The Kier molecular flexibility index (Phi) is 5.20. The zero-order chi connectivity index (χ0) is 14.6. The average Bonchev–Trinajstić information content (AvgIpc) is 2.25. The Morgan fingerprint density at radius 3 is 2.53 bits per heavy atom. The van der Waals surface area contributed by atoms with Crippen molar-refractivity contribution in [2.24, 2.45) is 11.3 Å². The number of carbonyl (C=O) groups excluding carboxylic acids is 1. The van der Waals surface area contributed by atoms with Crippen molar-refractivity contribution < 1.29 is 14.7 Å². The summed E-state index contributed by atoms with van der Waals surface area (Å²) < 4.78 is 0. The molecule has 0 bridgehead atoms. The first-order valence-electron chi connectivity index (χ1n) is 6.91. The fourth-order valence-corrected chi connectivity index (χ4v) is 2.67. The van der Waals surface area contributed by atoms with Crippen LogP contribution < -0.4 is 0 Å². The molecule has 5 nitrogen and oxygen atoms in total. The summed E-state index contributed by atoms with van der Waals surface area (Å²) in [7, 11) is 1.81. The van der Waals surface area contributed by atoms with Gasteiger partial charge in [0.1, 0.15) is 0 Å². The van der Waals surface area contributed by atoms with Crippen LogP contribution in [0.2, 0.25) is 0 Å². The van der Waals surface area contributed by atoms with Crippen LogP contribution in [0.25, 0.3) is 0 Å². The van der Waals surface area contributed by atoms with Crippen molar-refractivity contribution in [2.75, 3.05) is 26.7 Å². The van der Waals surface area contributed by atoms with Crippen LogP contribution in [0.1, 0.15) is 40.0 Å². The predicted octanol–water partition coefficient (Wildman–Crippen LogP) is 2.27. The minimum Gasteiger partial charge on any atom is -0.481 e. The second kappa shape index (κ2) is 6.26. The maximum atomic E-state index is 12.3. The van der Waals surface area contributed by atoms with Crippen molar-refractivity contribution in [3.8, 4) is 0 Å². The highest BCUT2D eigenvalue weighted by Gasteiger charge is 2.28. The van der Waals surface area contributed by atoms with Gasteiger partial charge in [0, 0.05) is 33.1 Å². The van der Waals surface area contributed by atoms with E-state index in [1.807, 2.05) is 7.05 Å². The van der Waals surface area contributed by atoms with Gasteiger partial charge in [0.2, 0.25) is 0 Å². The van der Waals surface area contributed by atoms with Gasteiger partial charge in [-0.2, -0.15) is 0 Å². The van der Waals surface area contributed by atoms with Crippen molar-refractivity contribution in [3.63, 3.8) is 0 Å². The molecule has 0 spiro atoms. The van der Waals surface area contributed by atoms with Crippen LogP contribution in [0.5, 0.6) is 0 Å². The molecule has 1 saturated heterocycles. The minimum atomic E-state index is -0.776. The summed E-state index contributed by atoms with van der Waals surface area (Å²) >= 11 is 0. The number of rotatable bonds is 3. The number of urea groups is 1. The number of hydrogen-bond donors (Lipinski definition) is 1. The smallest absolute Gasteiger partial charge is 0.319 e. The number of likely N-dealkylation sites (tertiary alicyclic amines) is 1. The first-order chi connectivity index (χ1) is 8.69. The fourth-order valence-electron chi connectivity index (χ4n) is 2.67. The summed E-state index contributed by atoms with van der Waals surface area (Å²) in [4.78, 5) is 26.6. The van der Waals surface area contributed by atoms with Crippen LogP contribution in [0, 0.1) is 11.3 Å². The fraction of sp³-hybridized carbons (Fsp3) is 0.857. The Labute approximate surface area is 115 Å². The molecule has 0 saturated carbocycles. The molecule has 1 heterocycles. The van der Waals surface area contributed by atoms with Gasteiger partial charge in [0.05, 0.1) is 0 Å². The molecule has 0 aromatic carbocycles. The molecule has 1 aliphatic rings. The summed E-state index contributed by atoms with van der Waals surface area (Å²) in [5, 5.41) is 8.84. The summed E-state index contributed by atoms with van der Waals surface area (Å²) in [5.41, 5.74) is 0.0701. The molecule has 0 aliphatic carbocycles. The lowest BCUT2D eigenvalue weighted by Crippen LogP contribution is -2.48. The molecule has 0 aromatic rings. The van der Waals surface area contributed by atoms with E-state index in [2.05, 4.69) is 20.8 Å². The Morgan fingerprint density at radius 2 is 2.00 bits per heavy atom. The molecule has 0 aromatic heterocycles. The number of hydrogen-bond acceptors (Lipinski definition) is 2. The summed E-state index contributed by atoms with van der Waals surface area (Å²) in [6, 6.07) is 0.0185. The molecule has 1 rings (SSSR count). The third kappa shape index (κ3) is 5.49. The molecule has 1 N–H and O–H groups in total. The van der Waals surface area contributed by atoms with Gasteiger partial charge in [0.25, 0.3) is 0 Å². The zero-order valence-corrected chi connectivity index (χ0v) is 12.5. The zero-order valence-electron chi connectivity index (χ0n) is 12.5. The molecule has 2 amide bonds. The predicted molar refractivity (Wildman–Crippen MR) is 74.0 cm³/mol. The number of carboxylic acids is 1. The van der Waals surface area contributed by atoms with Crippen molar-refractivity contribution in [1.29, 1.82) is 0 Å². The highest BCUT2D eigenvalue weighted by atomic mass is 16.4. The first-order valence-corrected chi connectivity index (χ1v) is 6.91. The van der Waals surface area contributed by atoms with Gasteiger partial charge in [-0.05, 0) is 24.2 Å². The molecule has 1 atom stereocenters. The largest absolute Gasteiger partial charge is 0.481 e. The second-order valence-electron chi connectivity index (χ2n) is 6.75. The van der Waals surface area contributed by atoms with E-state index in [1.165, 1.54) is 0 Å². The molecule has 1 aliphatic heterocycles. The molecule has 0 radical (unpaired) electrons. The monoisotopic (exact) mass is 270 g/mol. The van der Waals surface area contributed by atoms with Crippen LogP contribution >= 0.6 is 0 Å². The first kappa shape index (κ1) is 15.8. The van der Waals surface area contributed by atoms with E-state index in [-0.39, 0.29) is 23.8 Å². The van der Waals surface area contributed by atoms with Crippen LogP contribution in [0.4, 0.5) is 4.79 Å². The molecular weight excluding hydrogens is 244 g/mol. The van der Waals surface area contributed by atoms with Crippen LogP contribution in [-0.2, 0) is 4.79 Å². The maximum absolute atomic E-state index is 12.3.